The van der Waals surface area contributed by atoms with Crippen LogP contribution in [0.2, 0.25) is 0 Å². The Morgan fingerprint density at radius 2 is 2.00 bits per heavy atom. The lowest BCUT2D eigenvalue weighted by atomic mass is 10.2. The van der Waals surface area contributed by atoms with Gasteiger partial charge in [0.15, 0.2) is 0 Å². The molecular formula is C11H16BrF3N4. The van der Waals surface area contributed by atoms with E-state index in [-0.39, 0.29) is 6.42 Å². The van der Waals surface area contributed by atoms with Gasteiger partial charge in [-0.15, -0.1) is 0 Å². The molecule has 1 aromatic rings. The van der Waals surface area contributed by atoms with Crippen LogP contribution >= 0.6 is 15.9 Å². The minimum absolute atomic E-state index is 0.110. The molecule has 0 aliphatic heterocycles. The smallest absolute Gasteiger partial charge is 0.369 e. The fourth-order valence-electron chi connectivity index (χ4n) is 1.39. The van der Waals surface area contributed by atoms with Crippen LogP contribution in [-0.2, 0) is 0 Å². The van der Waals surface area contributed by atoms with Crippen molar-refractivity contribution in [2.75, 3.05) is 23.7 Å². The first kappa shape index (κ1) is 16.0. The molecule has 2 N–H and O–H groups in total. The minimum atomic E-state index is -4.08. The van der Waals surface area contributed by atoms with Crippen LogP contribution in [0.4, 0.5) is 24.9 Å². The van der Waals surface area contributed by atoms with E-state index in [4.69, 9.17) is 0 Å². The number of hydrogen-bond donors (Lipinski definition) is 2. The van der Waals surface area contributed by atoms with E-state index in [1.54, 1.807) is 6.20 Å². The average Bonchev–Trinajstić information content (AvgIpc) is 2.31. The monoisotopic (exact) mass is 340 g/mol. The molecule has 0 amide bonds. The molecule has 0 aromatic carbocycles. The van der Waals surface area contributed by atoms with E-state index >= 15 is 0 Å². The highest BCUT2D eigenvalue weighted by Crippen LogP contribution is 2.23. The first-order valence-corrected chi connectivity index (χ1v) is 6.78. The van der Waals surface area contributed by atoms with Crippen molar-refractivity contribution in [1.29, 1.82) is 0 Å². The molecule has 0 aliphatic rings. The van der Waals surface area contributed by atoms with Crippen LogP contribution in [0.1, 0.15) is 26.2 Å². The van der Waals surface area contributed by atoms with Crippen molar-refractivity contribution in [2.45, 2.75) is 32.4 Å². The second kappa shape index (κ2) is 7.52. The summed E-state index contributed by atoms with van der Waals surface area (Å²) in [5.41, 5.74) is 0. The van der Waals surface area contributed by atoms with Gasteiger partial charge in [0.1, 0.15) is 5.82 Å². The summed E-state index contributed by atoms with van der Waals surface area (Å²) in [6.07, 6.45) is -2.68. The normalized spacial score (nSPS) is 11.4. The molecule has 0 aliphatic carbocycles. The van der Waals surface area contributed by atoms with E-state index in [0.717, 1.165) is 0 Å². The molecule has 0 radical (unpaired) electrons. The van der Waals surface area contributed by atoms with Crippen LogP contribution < -0.4 is 10.6 Å². The Balaban J connectivity index is 2.38. The summed E-state index contributed by atoms with van der Waals surface area (Å²) in [5, 5.41) is 5.96. The van der Waals surface area contributed by atoms with Gasteiger partial charge in [-0.05, 0) is 35.7 Å². The third-order valence-corrected chi connectivity index (χ3v) is 2.84. The predicted octanol–water partition coefficient (Wildman–Crippen LogP) is 3.82. The van der Waals surface area contributed by atoms with Crippen LogP contribution in [-0.4, -0.2) is 29.2 Å². The molecule has 0 spiro atoms. The molecular weight excluding hydrogens is 325 g/mol. The molecule has 0 unspecified atom stereocenters. The standard InChI is InChI=1S/C11H16BrF3N4/c1-2-16-10-18-7-8(12)9(19-10)17-6-4-3-5-11(13,14)15/h7H,2-6H2,1H3,(H2,16,17,18,19). The molecule has 0 saturated carbocycles. The van der Waals surface area contributed by atoms with Crippen molar-refractivity contribution in [3.63, 3.8) is 0 Å². The van der Waals surface area contributed by atoms with E-state index < -0.39 is 12.6 Å². The summed E-state index contributed by atoms with van der Waals surface area (Å²) < 4.78 is 36.5. The van der Waals surface area contributed by atoms with Crippen molar-refractivity contribution >= 4 is 27.7 Å². The van der Waals surface area contributed by atoms with E-state index in [2.05, 4.69) is 36.5 Å². The van der Waals surface area contributed by atoms with E-state index in [1.807, 2.05) is 6.92 Å². The van der Waals surface area contributed by atoms with Crippen molar-refractivity contribution in [1.82, 2.24) is 9.97 Å². The number of unbranched alkanes of at least 4 members (excludes halogenated alkanes) is 1. The second-order valence-corrected chi connectivity index (χ2v) is 4.77. The lowest BCUT2D eigenvalue weighted by Gasteiger charge is -2.10. The van der Waals surface area contributed by atoms with Crippen molar-refractivity contribution in [3.8, 4) is 0 Å². The van der Waals surface area contributed by atoms with Gasteiger partial charge < -0.3 is 10.6 Å². The van der Waals surface area contributed by atoms with E-state index in [1.165, 1.54) is 0 Å². The number of alkyl halides is 3. The average molecular weight is 341 g/mol. The number of anilines is 2. The van der Waals surface area contributed by atoms with E-state index in [9.17, 15) is 13.2 Å². The van der Waals surface area contributed by atoms with Gasteiger partial charge in [-0.25, -0.2) is 4.98 Å². The Labute approximate surface area is 118 Å². The summed E-state index contributed by atoms with van der Waals surface area (Å²) in [6, 6.07) is 0. The lowest BCUT2D eigenvalue weighted by Crippen LogP contribution is -2.10. The summed E-state index contributed by atoms with van der Waals surface area (Å²) in [4.78, 5) is 8.25. The van der Waals surface area contributed by atoms with Gasteiger partial charge in [-0.2, -0.15) is 18.2 Å². The number of rotatable bonds is 7. The largest absolute Gasteiger partial charge is 0.389 e. The molecule has 8 heteroatoms. The van der Waals surface area contributed by atoms with Gasteiger partial charge in [0.05, 0.1) is 4.47 Å². The molecule has 1 rings (SSSR count). The summed E-state index contributed by atoms with van der Waals surface area (Å²) in [5.74, 6) is 1.07. The molecule has 4 nitrogen and oxygen atoms in total. The molecule has 19 heavy (non-hydrogen) atoms. The highest BCUT2D eigenvalue weighted by atomic mass is 79.9. The van der Waals surface area contributed by atoms with E-state index in [0.29, 0.717) is 35.7 Å². The minimum Gasteiger partial charge on any atom is -0.369 e. The molecule has 0 fully saturated rings. The van der Waals surface area contributed by atoms with Crippen molar-refractivity contribution < 1.29 is 13.2 Å². The van der Waals surface area contributed by atoms with Crippen LogP contribution in [0.15, 0.2) is 10.7 Å². The third kappa shape index (κ3) is 6.60. The zero-order chi connectivity index (χ0) is 14.3. The molecule has 108 valence electrons. The zero-order valence-corrected chi connectivity index (χ0v) is 12.1. The highest BCUT2D eigenvalue weighted by Gasteiger charge is 2.25. The number of aromatic nitrogens is 2. The Kier molecular flexibility index (Phi) is 6.33. The lowest BCUT2D eigenvalue weighted by molar-refractivity contribution is -0.135. The zero-order valence-electron chi connectivity index (χ0n) is 10.5. The maximum absolute atomic E-state index is 12.0. The van der Waals surface area contributed by atoms with Crippen LogP contribution in [0.5, 0.6) is 0 Å². The van der Waals surface area contributed by atoms with Crippen molar-refractivity contribution in [3.05, 3.63) is 10.7 Å². The number of halogens is 4. The quantitative estimate of drug-likeness (QED) is 0.741. The topological polar surface area (TPSA) is 49.8 Å². The summed E-state index contributed by atoms with van der Waals surface area (Å²) in [7, 11) is 0. The SMILES string of the molecule is CCNc1ncc(Br)c(NCCCCC(F)(F)F)n1. The van der Waals surface area contributed by atoms with Crippen LogP contribution in [0, 0.1) is 0 Å². The van der Waals surface area contributed by atoms with Crippen molar-refractivity contribution in [2.24, 2.45) is 0 Å². The molecule has 0 bridgehead atoms. The van der Waals surface area contributed by atoms with Crippen LogP contribution in [0.3, 0.4) is 0 Å². The second-order valence-electron chi connectivity index (χ2n) is 3.92. The molecule has 1 heterocycles. The fourth-order valence-corrected chi connectivity index (χ4v) is 1.72. The first-order valence-electron chi connectivity index (χ1n) is 5.99. The third-order valence-electron chi connectivity index (χ3n) is 2.26. The van der Waals surface area contributed by atoms with Gasteiger partial charge in [-0.1, -0.05) is 0 Å². The Bertz CT molecular complexity index is 398. The first-order chi connectivity index (χ1) is 8.92. The van der Waals surface area contributed by atoms with Gasteiger partial charge >= 0.3 is 6.18 Å². The predicted molar refractivity (Wildman–Crippen MR) is 72.3 cm³/mol. The molecule has 1 aromatic heterocycles. The number of nitrogens with one attached hydrogen (secondary N) is 2. The van der Waals surface area contributed by atoms with Crippen LogP contribution in [0.25, 0.3) is 0 Å². The maximum atomic E-state index is 12.0. The number of hydrogen-bond acceptors (Lipinski definition) is 4. The fraction of sp³-hybridized carbons (Fsp3) is 0.636. The Hall–Kier alpha value is -1.05. The maximum Gasteiger partial charge on any atom is 0.389 e. The molecule has 0 atom stereocenters. The summed E-state index contributed by atoms with van der Waals surface area (Å²) >= 11 is 3.29. The number of nitrogens with zero attached hydrogens (tertiary/aromatic N) is 2. The van der Waals surface area contributed by atoms with Gasteiger partial charge in [0, 0.05) is 25.7 Å². The van der Waals surface area contributed by atoms with Gasteiger partial charge in [0.25, 0.3) is 0 Å². The van der Waals surface area contributed by atoms with Gasteiger partial charge in [0.2, 0.25) is 5.95 Å². The molecule has 0 saturated heterocycles. The Morgan fingerprint density at radius 1 is 1.26 bits per heavy atom. The van der Waals surface area contributed by atoms with Gasteiger partial charge in [-0.3, -0.25) is 0 Å². The highest BCUT2D eigenvalue weighted by molar-refractivity contribution is 9.10. The summed E-state index contributed by atoms with van der Waals surface area (Å²) in [6.45, 7) is 3.07. The Morgan fingerprint density at radius 3 is 2.63 bits per heavy atom.